The third-order valence-electron chi connectivity index (χ3n) is 2.11. The number of nitrogens with zero attached hydrogens (tertiary/aromatic N) is 2. The Balaban J connectivity index is 2.29. The summed E-state index contributed by atoms with van der Waals surface area (Å²) in [4.78, 5) is 7.83. The molecule has 1 aromatic carbocycles. The zero-order chi connectivity index (χ0) is 12.3. The summed E-state index contributed by atoms with van der Waals surface area (Å²) in [5, 5.41) is 3.62. The monoisotopic (exact) mass is 250 g/mol. The molecule has 0 spiro atoms. The van der Waals surface area contributed by atoms with Crippen LogP contribution in [-0.2, 0) is 0 Å². The molecular formula is C11H11ClN4O. The van der Waals surface area contributed by atoms with Crippen molar-refractivity contribution in [1.29, 1.82) is 0 Å². The Kier molecular flexibility index (Phi) is 3.30. The van der Waals surface area contributed by atoms with Crippen molar-refractivity contribution >= 4 is 29.1 Å². The van der Waals surface area contributed by atoms with Crippen LogP contribution in [0.1, 0.15) is 0 Å². The number of halogens is 1. The number of nitrogens with two attached hydrogens (primary N) is 1. The number of aromatic nitrogens is 2. The molecule has 17 heavy (non-hydrogen) atoms. The summed E-state index contributed by atoms with van der Waals surface area (Å²) in [6.07, 6.45) is 1.57. The van der Waals surface area contributed by atoms with E-state index in [0.717, 1.165) is 0 Å². The fourth-order valence-electron chi connectivity index (χ4n) is 1.31. The van der Waals surface area contributed by atoms with Crippen LogP contribution in [0, 0.1) is 0 Å². The second-order valence-electron chi connectivity index (χ2n) is 3.27. The van der Waals surface area contributed by atoms with Gasteiger partial charge in [-0.15, -0.1) is 0 Å². The van der Waals surface area contributed by atoms with E-state index in [9.17, 15) is 0 Å². The van der Waals surface area contributed by atoms with Gasteiger partial charge in [0.15, 0.2) is 0 Å². The lowest BCUT2D eigenvalue weighted by Crippen LogP contribution is -1.99. The van der Waals surface area contributed by atoms with Crippen molar-refractivity contribution in [3.05, 3.63) is 35.5 Å². The van der Waals surface area contributed by atoms with E-state index in [4.69, 9.17) is 22.1 Å². The van der Waals surface area contributed by atoms with Crippen molar-refractivity contribution in [2.45, 2.75) is 0 Å². The lowest BCUT2D eigenvalue weighted by atomic mass is 10.3. The molecular weight excluding hydrogens is 240 g/mol. The van der Waals surface area contributed by atoms with E-state index in [0.29, 0.717) is 22.3 Å². The summed E-state index contributed by atoms with van der Waals surface area (Å²) in [6, 6.07) is 7.00. The van der Waals surface area contributed by atoms with E-state index in [-0.39, 0.29) is 5.95 Å². The topological polar surface area (TPSA) is 73.1 Å². The second-order valence-corrected chi connectivity index (χ2v) is 3.68. The number of methoxy groups -OCH3 is 1. The number of benzene rings is 1. The van der Waals surface area contributed by atoms with Crippen LogP contribution < -0.4 is 15.8 Å². The molecule has 0 fully saturated rings. The number of nitrogens with one attached hydrogen (secondary N) is 1. The molecule has 0 amide bonds. The minimum Gasteiger partial charge on any atom is -0.497 e. The molecule has 0 radical (unpaired) electrons. The molecule has 2 aromatic rings. The van der Waals surface area contributed by atoms with Crippen molar-refractivity contribution in [1.82, 2.24) is 9.97 Å². The van der Waals surface area contributed by atoms with Crippen LogP contribution >= 0.6 is 11.6 Å². The number of hydrogen-bond acceptors (Lipinski definition) is 5. The highest BCUT2D eigenvalue weighted by Crippen LogP contribution is 2.28. The van der Waals surface area contributed by atoms with E-state index in [2.05, 4.69) is 15.3 Å². The molecule has 6 heteroatoms. The fourth-order valence-corrected chi connectivity index (χ4v) is 1.47. The van der Waals surface area contributed by atoms with Crippen LogP contribution in [0.4, 0.5) is 17.5 Å². The van der Waals surface area contributed by atoms with Crippen LogP contribution in [0.25, 0.3) is 0 Å². The Bertz CT molecular complexity index is 533. The van der Waals surface area contributed by atoms with Gasteiger partial charge >= 0.3 is 0 Å². The summed E-state index contributed by atoms with van der Waals surface area (Å²) < 4.78 is 5.12. The smallest absolute Gasteiger partial charge is 0.221 e. The van der Waals surface area contributed by atoms with Gasteiger partial charge in [-0.2, -0.15) is 4.98 Å². The first-order valence-corrected chi connectivity index (χ1v) is 5.26. The van der Waals surface area contributed by atoms with Gasteiger partial charge in [0.05, 0.1) is 17.8 Å². The third-order valence-corrected chi connectivity index (χ3v) is 2.44. The highest BCUT2D eigenvalue weighted by Gasteiger charge is 2.04. The Hall–Kier alpha value is -2.01. The predicted molar refractivity (Wildman–Crippen MR) is 67.7 cm³/mol. The lowest BCUT2D eigenvalue weighted by Gasteiger charge is -2.09. The zero-order valence-electron chi connectivity index (χ0n) is 9.14. The van der Waals surface area contributed by atoms with Crippen LogP contribution in [0.3, 0.4) is 0 Å². The van der Waals surface area contributed by atoms with Gasteiger partial charge in [0, 0.05) is 12.3 Å². The van der Waals surface area contributed by atoms with Gasteiger partial charge < -0.3 is 15.8 Å². The molecule has 0 bridgehead atoms. The minimum absolute atomic E-state index is 0.203. The van der Waals surface area contributed by atoms with Gasteiger partial charge in [-0.1, -0.05) is 11.6 Å². The maximum Gasteiger partial charge on any atom is 0.221 e. The van der Waals surface area contributed by atoms with Crippen molar-refractivity contribution in [3.8, 4) is 5.75 Å². The Morgan fingerprint density at radius 2 is 2.18 bits per heavy atom. The highest BCUT2D eigenvalue weighted by molar-refractivity contribution is 6.33. The van der Waals surface area contributed by atoms with Crippen molar-refractivity contribution in [2.75, 3.05) is 18.2 Å². The first-order valence-electron chi connectivity index (χ1n) is 4.88. The molecule has 2 rings (SSSR count). The summed E-state index contributed by atoms with van der Waals surface area (Å²) in [6.45, 7) is 0. The van der Waals surface area contributed by atoms with Crippen molar-refractivity contribution in [2.24, 2.45) is 0 Å². The average molecular weight is 251 g/mol. The molecule has 88 valence electrons. The van der Waals surface area contributed by atoms with Gasteiger partial charge in [0.2, 0.25) is 5.95 Å². The fraction of sp³-hybridized carbons (Fsp3) is 0.0909. The molecule has 0 aliphatic heterocycles. The van der Waals surface area contributed by atoms with Crippen LogP contribution in [0.2, 0.25) is 5.02 Å². The Morgan fingerprint density at radius 3 is 2.88 bits per heavy atom. The second kappa shape index (κ2) is 4.88. The minimum atomic E-state index is 0.203. The molecule has 1 aromatic heterocycles. The van der Waals surface area contributed by atoms with Crippen molar-refractivity contribution in [3.63, 3.8) is 0 Å². The lowest BCUT2D eigenvalue weighted by molar-refractivity contribution is 0.415. The molecule has 3 N–H and O–H groups in total. The first-order chi connectivity index (χ1) is 8.19. The molecule has 0 saturated heterocycles. The van der Waals surface area contributed by atoms with Crippen LogP contribution in [0.15, 0.2) is 30.5 Å². The Labute approximate surface area is 104 Å². The maximum atomic E-state index is 6.05. The third kappa shape index (κ3) is 2.76. The van der Waals surface area contributed by atoms with E-state index >= 15 is 0 Å². The zero-order valence-corrected chi connectivity index (χ0v) is 9.90. The molecule has 0 atom stereocenters. The number of nitrogen functional groups attached to an aromatic ring is 1. The Morgan fingerprint density at radius 1 is 1.35 bits per heavy atom. The number of ether oxygens (including phenoxy) is 1. The quantitative estimate of drug-likeness (QED) is 0.875. The SMILES string of the molecule is COc1ccc(Cl)c(Nc2ccnc(N)n2)c1. The molecule has 0 saturated carbocycles. The van der Waals surface area contributed by atoms with E-state index < -0.39 is 0 Å². The van der Waals surface area contributed by atoms with Gasteiger partial charge in [0.1, 0.15) is 11.6 Å². The summed E-state index contributed by atoms with van der Waals surface area (Å²) in [7, 11) is 1.59. The first kappa shape index (κ1) is 11.5. The van der Waals surface area contributed by atoms with Gasteiger partial charge in [0.25, 0.3) is 0 Å². The number of hydrogen-bond donors (Lipinski definition) is 2. The van der Waals surface area contributed by atoms with E-state index in [1.165, 1.54) is 0 Å². The predicted octanol–water partition coefficient (Wildman–Crippen LogP) is 2.46. The summed E-state index contributed by atoms with van der Waals surface area (Å²) >= 11 is 6.05. The molecule has 0 aliphatic carbocycles. The van der Waals surface area contributed by atoms with Gasteiger partial charge in [-0.3, -0.25) is 0 Å². The number of rotatable bonds is 3. The van der Waals surface area contributed by atoms with Crippen molar-refractivity contribution < 1.29 is 4.74 Å². The van der Waals surface area contributed by atoms with Gasteiger partial charge in [-0.05, 0) is 18.2 Å². The number of anilines is 3. The molecule has 5 nitrogen and oxygen atoms in total. The average Bonchev–Trinajstić information content (AvgIpc) is 2.32. The molecule has 0 unspecified atom stereocenters. The van der Waals surface area contributed by atoms with Gasteiger partial charge in [-0.25, -0.2) is 4.98 Å². The normalized spacial score (nSPS) is 10.0. The largest absolute Gasteiger partial charge is 0.497 e. The summed E-state index contributed by atoms with van der Waals surface area (Å²) in [5.74, 6) is 1.49. The van der Waals surface area contributed by atoms with E-state index in [1.54, 1.807) is 37.6 Å². The highest BCUT2D eigenvalue weighted by atomic mass is 35.5. The van der Waals surface area contributed by atoms with Crippen LogP contribution in [-0.4, -0.2) is 17.1 Å². The summed E-state index contributed by atoms with van der Waals surface area (Å²) in [5.41, 5.74) is 6.18. The van der Waals surface area contributed by atoms with E-state index in [1.807, 2.05) is 0 Å². The van der Waals surface area contributed by atoms with Crippen LogP contribution in [0.5, 0.6) is 5.75 Å². The standard InChI is InChI=1S/C11H11ClN4O/c1-17-7-2-3-8(12)9(6-7)15-10-4-5-14-11(13)16-10/h2-6H,1H3,(H3,13,14,15,16). The molecule has 1 heterocycles. The molecule has 0 aliphatic rings. The maximum absolute atomic E-state index is 6.05.